The Morgan fingerprint density at radius 1 is 1.64 bits per heavy atom. The zero-order valence-electron chi connectivity index (χ0n) is 7.01. The molecule has 0 spiro atoms. The number of hydrogen-bond acceptors (Lipinski definition) is 2. The monoisotopic (exact) mass is 264 g/mol. The summed E-state index contributed by atoms with van der Waals surface area (Å²) in [5.41, 5.74) is 4.81. The van der Waals surface area contributed by atoms with Gasteiger partial charge in [-0.05, 0) is 6.07 Å². The van der Waals surface area contributed by atoms with Crippen molar-refractivity contribution in [3.63, 3.8) is 0 Å². The van der Waals surface area contributed by atoms with Gasteiger partial charge in [-0.2, -0.15) is 0 Å². The van der Waals surface area contributed by atoms with E-state index in [-0.39, 0.29) is 22.2 Å². The fourth-order valence-electron chi connectivity index (χ4n) is 1.06. The summed E-state index contributed by atoms with van der Waals surface area (Å²) in [5.74, 6) is -0.804. The molecule has 6 heteroatoms. The molecule has 1 heterocycles. The van der Waals surface area contributed by atoms with Gasteiger partial charge in [-0.3, -0.25) is 9.78 Å². The molecule has 14 heavy (non-hydrogen) atoms. The van der Waals surface area contributed by atoms with Gasteiger partial charge in [0.1, 0.15) is 5.69 Å². The lowest BCUT2D eigenvalue weighted by Gasteiger charge is -2.08. The normalized spacial score (nSPS) is 10.6. The Morgan fingerprint density at radius 2 is 2.29 bits per heavy atom. The standard InChI is InChI=1S/C8H7BrF2N2O/c9-3-5-4(7(10)11)1-2-13-6(5)8(12)14/h1-2,7H,3H2,(H2,12,14). The molecule has 0 aliphatic rings. The third kappa shape index (κ3) is 2.06. The topological polar surface area (TPSA) is 56.0 Å². The van der Waals surface area contributed by atoms with E-state index in [1.165, 1.54) is 6.07 Å². The van der Waals surface area contributed by atoms with E-state index in [0.717, 1.165) is 6.20 Å². The number of alkyl halides is 3. The summed E-state index contributed by atoms with van der Waals surface area (Å²) in [6.07, 6.45) is -1.49. The number of primary amides is 1. The Kier molecular flexibility index (Phi) is 3.51. The van der Waals surface area contributed by atoms with Crippen LogP contribution < -0.4 is 5.73 Å². The smallest absolute Gasteiger partial charge is 0.267 e. The second-order valence-corrected chi connectivity index (χ2v) is 3.09. The van der Waals surface area contributed by atoms with Crippen molar-refractivity contribution in [3.8, 4) is 0 Å². The Labute approximate surface area is 87.4 Å². The first-order chi connectivity index (χ1) is 6.57. The van der Waals surface area contributed by atoms with Crippen LogP contribution in [0.1, 0.15) is 28.0 Å². The van der Waals surface area contributed by atoms with Crippen LogP contribution in [0.2, 0.25) is 0 Å². The first-order valence-electron chi connectivity index (χ1n) is 3.69. The summed E-state index contributed by atoms with van der Waals surface area (Å²) in [7, 11) is 0. The first kappa shape index (κ1) is 11.0. The van der Waals surface area contributed by atoms with E-state index in [4.69, 9.17) is 5.73 Å². The molecule has 0 saturated carbocycles. The summed E-state index contributed by atoms with van der Waals surface area (Å²) in [5, 5.41) is 0.124. The summed E-state index contributed by atoms with van der Waals surface area (Å²) in [4.78, 5) is 14.5. The van der Waals surface area contributed by atoms with Crippen LogP contribution in [-0.4, -0.2) is 10.9 Å². The van der Waals surface area contributed by atoms with Gasteiger partial charge in [0.15, 0.2) is 0 Å². The quantitative estimate of drug-likeness (QED) is 0.850. The predicted molar refractivity (Wildman–Crippen MR) is 50.3 cm³/mol. The first-order valence-corrected chi connectivity index (χ1v) is 4.81. The van der Waals surface area contributed by atoms with E-state index in [0.29, 0.717) is 0 Å². The molecule has 0 aliphatic carbocycles. The molecule has 1 amide bonds. The van der Waals surface area contributed by atoms with Crippen LogP contribution in [-0.2, 0) is 5.33 Å². The molecule has 76 valence electrons. The van der Waals surface area contributed by atoms with E-state index in [2.05, 4.69) is 20.9 Å². The fourth-order valence-corrected chi connectivity index (χ4v) is 1.65. The molecule has 0 radical (unpaired) electrons. The average Bonchev–Trinajstić information content (AvgIpc) is 2.16. The highest BCUT2D eigenvalue weighted by Gasteiger charge is 2.18. The number of hydrogen-bond donors (Lipinski definition) is 1. The van der Waals surface area contributed by atoms with Gasteiger partial charge >= 0.3 is 0 Å². The molecule has 1 aromatic rings. The van der Waals surface area contributed by atoms with Crippen molar-refractivity contribution in [2.75, 3.05) is 0 Å². The number of pyridine rings is 1. The maximum atomic E-state index is 12.5. The number of aromatic nitrogens is 1. The average molecular weight is 265 g/mol. The second-order valence-electron chi connectivity index (χ2n) is 2.53. The highest BCUT2D eigenvalue weighted by atomic mass is 79.9. The van der Waals surface area contributed by atoms with Crippen LogP contribution in [0.4, 0.5) is 8.78 Å². The van der Waals surface area contributed by atoms with E-state index in [1.807, 2.05) is 0 Å². The SMILES string of the molecule is NC(=O)c1nccc(C(F)F)c1CBr. The van der Waals surface area contributed by atoms with Crippen molar-refractivity contribution in [3.05, 3.63) is 29.1 Å². The molecule has 0 bridgehead atoms. The lowest BCUT2D eigenvalue weighted by atomic mass is 10.1. The lowest BCUT2D eigenvalue weighted by molar-refractivity contribution is 0.0994. The Hall–Kier alpha value is -1.04. The molecule has 2 N–H and O–H groups in total. The van der Waals surface area contributed by atoms with Crippen molar-refractivity contribution < 1.29 is 13.6 Å². The van der Waals surface area contributed by atoms with Crippen molar-refractivity contribution in [1.82, 2.24) is 4.98 Å². The summed E-state index contributed by atoms with van der Waals surface area (Å²) < 4.78 is 24.9. The minimum atomic E-state index is -2.64. The van der Waals surface area contributed by atoms with Crippen LogP contribution in [0.25, 0.3) is 0 Å². The van der Waals surface area contributed by atoms with Gasteiger partial charge in [0.05, 0.1) is 0 Å². The molecule has 1 rings (SSSR count). The summed E-state index contributed by atoms with van der Waals surface area (Å²) >= 11 is 3.01. The van der Waals surface area contributed by atoms with Gasteiger partial charge in [-0.15, -0.1) is 0 Å². The molecule has 0 fully saturated rings. The number of nitrogens with zero attached hydrogens (tertiary/aromatic N) is 1. The summed E-state index contributed by atoms with van der Waals surface area (Å²) in [6, 6.07) is 1.17. The van der Waals surface area contributed by atoms with Crippen LogP contribution in [0.15, 0.2) is 12.3 Å². The van der Waals surface area contributed by atoms with E-state index in [1.54, 1.807) is 0 Å². The molecule has 0 unspecified atom stereocenters. The predicted octanol–water partition coefficient (Wildman–Crippen LogP) is 2.01. The number of nitrogens with two attached hydrogens (primary N) is 1. The number of rotatable bonds is 3. The zero-order chi connectivity index (χ0) is 10.7. The lowest BCUT2D eigenvalue weighted by Crippen LogP contribution is -2.16. The Bertz CT molecular complexity index is 357. The van der Waals surface area contributed by atoms with E-state index in [9.17, 15) is 13.6 Å². The van der Waals surface area contributed by atoms with Gasteiger partial charge in [-0.1, -0.05) is 15.9 Å². The Balaban J connectivity index is 3.32. The van der Waals surface area contributed by atoms with Gasteiger partial charge in [-0.25, -0.2) is 8.78 Å². The number of halogens is 3. The largest absolute Gasteiger partial charge is 0.364 e. The minimum absolute atomic E-state index is 0.111. The Morgan fingerprint density at radius 3 is 2.71 bits per heavy atom. The highest BCUT2D eigenvalue weighted by molar-refractivity contribution is 9.08. The van der Waals surface area contributed by atoms with E-state index < -0.39 is 12.3 Å². The van der Waals surface area contributed by atoms with E-state index >= 15 is 0 Å². The molecule has 0 atom stereocenters. The van der Waals surface area contributed by atoms with Crippen LogP contribution in [0.3, 0.4) is 0 Å². The van der Waals surface area contributed by atoms with Gasteiger partial charge in [0.2, 0.25) is 0 Å². The number of amides is 1. The third-order valence-corrected chi connectivity index (χ3v) is 2.25. The highest BCUT2D eigenvalue weighted by Crippen LogP contribution is 2.25. The molecular formula is C8H7BrF2N2O. The van der Waals surface area contributed by atoms with Crippen LogP contribution in [0, 0.1) is 0 Å². The molecule has 1 aromatic heterocycles. The zero-order valence-corrected chi connectivity index (χ0v) is 8.59. The third-order valence-electron chi connectivity index (χ3n) is 1.69. The molecule has 0 aromatic carbocycles. The molecular weight excluding hydrogens is 258 g/mol. The minimum Gasteiger partial charge on any atom is -0.364 e. The van der Waals surface area contributed by atoms with Crippen molar-refractivity contribution in [2.24, 2.45) is 5.73 Å². The van der Waals surface area contributed by atoms with Crippen LogP contribution in [0.5, 0.6) is 0 Å². The fraction of sp³-hybridized carbons (Fsp3) is 0.250. The number of carbonyl (C=O) groups excluding carboxylic acids is 1. The molecule has 3 nitrogen and oxygen atoms in total. The maximum Gasteiger partial charge on any atom is 0.267 e. The van der Waals surface area contributed by atoms with Gasteiger partial charge in [0, 0.05) is 22.7 Å². The van der Waals surface area contributed by atoms with Crippen molar-refractivity contribution in [2.45, 2.75) is 11.8 Å². The maximum absolute atomic E-state index is 12.5. The second kappa shape index (κ2) is 4.45. The summed E-state index contributed by atoms with van der Waals surface area (Å²) in [6.45, 7) is 0. The molecule has 0 saturated heterocycles. The van der Waals surface area contributed by atoms with Gasteiger partial charge in [0.25, 0.3) is 12.3 Å². The van der Waals surface area contributed by atoms with Crippen molar-refractivity contribution >= 4 is 21.8 Å². The van der Waals surface area contributed by atoms with Gasteiger partial charge < -0.3 is 5.73 Å². The number of carbonyl (C=O) groups is 1. The van der Waals surface area contributed by atoms with Crippen molar-refractivity contribution in [1.29, 1.82) is 0 Å². The van der Waals surface area contributed by atoms with Crippen LogP contribution >= 0.6 is 15.9 Å². The molecule has 0 aliphatic heterocycles.